The first kappa shape index (κ1) is 13.0. The van der Waals surface area contributed by atoms with Gasteiger partial charge in [-0.2, -0.15) is 0 Å². The third-order valence-corrected chi connectivity index (χ3v) is 4.02. The van der Waals surface area contributed by atoms with Gasteiger partial charge in [0.25, 0.3) is 0 Å². The van der Waals surface area contributed by atoms with E-state index < -0.39 is 0 Å². The van der Waals surface area contributed by atoms with Gasteiger partial charge in [0.05, 0.1) is 11.4 Å². The monoisotopic (exact) mass is 266 g/mol. The Labute approximate surface area is 121 Å². The average Bonchev–Trinajstić information content (AvgIpc) is 3.03. The van der Waals surface area contributed by atoms with Crippen LogP contribution in [0.4, 0.5) is 11.4 Å². The Morgan fingerprint density at radius 1 is 0.900 bits per heavy atom. The minimum atomic E-state index is 0.319. The Hall–Kier alpha value is -1.96. The van der Waals surface area contributed by atoms with Crippen molar-refractivity contribution in [3.8, 4) is 0 Å². The first-order valence-electron chi connectivity index (χ1n) is 7.50. The maximum Gasteiger partial charge on any atom is 0.0602 e. The number of nitrogens with one attached hydrogen (secondary N) is 1. The van der Waals surface area contributed by atoms with Crippen molar-refractivity contribution in [3.05, 3.63) is 60.2 Å². The van der Waals surface area contributed by atoms with Crippen molar-refractivity contribution in [1.29, 1.82) is 0 Å². The second-order valence-electron chi connectivity index (χ2n) is 5.49. The molecule has 0 unspecified atom stereocenters. The van der Waals surface area contributed by atoms with Crippen molar-refractivity contribution in [2.24, 2.45) is 0 Å². The number of nitrogens with zero attached hydrogens (tertiary/aromatic N) is 1. The predicted octanol–water partition coefficient (Wildman–Crippen LogP) is 4.46. The molecule has 3 rings (SSSR count). The molecule has 2 aromatic rings. The lowest BCUT2D eigenvalue weighted by atomic mass is 10.1. The highest BCUT2D eigenvalue weighted by Crippen LogP contribution is 2.31. The summed E-state index contributed by atoms with van der Waals surface area (Å²) in [5.74, 6) is 0. The van der Waals surface area contributed by atoms with E-state index in [4.69, 9.17) is 0 Å². The first-order valence-corrected chi connectivity index (χ1v) is 7.50. The number of rotatable bonds is 4. The van der Waals surface area contributed by atoms with Crippen LogP contribution in [0.3, 0.4) is 0 Å². The van der Waals surface area contributed by atoms with Crippen LogP contribution in [0.5, 0.6) is 0 Å². The molecule has 1 aliphatic heterocycles. The summed E-state index contributed by atoms with van der Waals surface area (Å²) in [4.78, 5) is 2.49. The molecule has 0 aromatic heterocycles. The van der Waals surface area contributed by atoms with Crippen LogP contribution in [-0.2, 0) is 0 Å². The Bertz CT molecular complexity index is 544. The molecule has 1 saturated heterocycles. The molecule has 0 spiro atoms. The fraction of sp³-hybridized carbons (Fsp3) is 0.333. The summed E-state index contributed by atoms with van der Waals surface area (Å²) in [7, 11) is 0. The van der Waals surface area contributed by atoms with Crippen LogP contribution < -0.4 is 10.2 Å². The third-order valence-electron chi connectivity index (χ3n) is 4.02. The van der Waals surface area contributed by atoms with Crippen LogP contribution >= 0.6 is 0 Å². The molecule has 2 heteroatoms. The third kappa shape index (κ3) is 2.79. The van der Waals surface area contributed by atoms with Gasteiger partial charge in [0.2, 0.25) is 0 Å². The molecule has 2 nitrogen and oxygen atoms in total. The molecular weight excluding hydrogens is 244 g/mol. The Morgan fingerprint density at radius 3 is 2.30 bits per heavy atom. The van der Waals surface area contributed by atoms with Gasteiger partial charge in [-0.3, -0.25) is 0 Å². The van der Waals surface area contributed by atoms with Gasteiger partial charge in [0.1, 0.15) is 0 Å². The molecule has 1 N–H and O–H groups in total. The molecule has 1 atom stereocenters. The van der Waals surface area contributed by atoms with Crippen molar-refractivity contribution in [2.45, 2.75) is 25.8 Å². The zero-order chi connectivity index (χ0) is 13.8. The maximum atomic E-state index is 3.66. The molecule has 0 bridgehead atoms. The van der Waals surface area contributed by atoms with Crippen LogP contribution in [-0.4, -0.2) is 13.1 Å². The number of hydrogen-bond acceptors (Lipinski definition) is 2. The van der Waals surface area contributed by atoms with E-state index in [0.29, 0.717) is 6.04 Å². The smallest absolute Gasteiger partial charge is 0.0602 e. The molecule has 2 aromatic carbocycles. The lowest BCUT2D eigenvalue weighted by Crippen LogP contribution is -2.20. The second kappa shape index (κ2) is 6.00. The molecule has 0 radical (unpaired) electrons. The maximum absolute atomic E-state index is 3.66. The first-order chi connectivity index (χ1) is 9.84. The molecule has 0 amide bonds. The summed E-state index contributed by atoms with van der Waals surface area (Å²) in [5, 5.41) is 3.66. The average molecular weight is 266 g/mol. The number of anilines is 2. The van der Waals surface area contributed by atoms with Crippen molar-refractivity contribution in [1.82, 2.24) is 0 Å². The summed E-state index contributed by atoms with van der Waals surface area (Å²) in [5.41, 5.74) is 3.90. The van der Waals surface area contributed by atoms with E-state index >= 15 is 0 Å². The fourth-order valence-electron chi connectivity index (χ4n) is 2.89. The molecule has 0 aliphatic carbocycles. The van der Waals surface area contributed by atoms with E-state index in [1.54, 1.807) is 0 Å². The largest absolute Gasteiger partial charge is 0.377 e. The standard InChI is InChI=1S/C18H22N2/c1-15(16-9-3-2-4-10-16)19-17-11-5-6-12-18(17)20-13-7-8-14-20/h2-6,9-12,15,19H,7-8,13-14H2,1H3/t15-/m0/s1. The van der Waals surface area contributed by atoms with Crippen molar-refractivity contribution >= 4 is 11.4 Å². The topological polar surface area (TPSA) is 15.3 Å². The van der Waals surface area contributed by atoms with E-state index in [0.717, 1.165) is 0 Å². The van der Waals surface area contributed by atoms with E-state index in [9.17, 15) is 0 Å². The van der Waals surface area contributed by atoms with Crippen LogP contribution in [0.25, 0.3) is 0 Å². The van der Waals surface area contributed by atoms with E-state index in [2.05, 4.69) is 71.7 Å². The summed E-state index contributed by atoms with van der Waals surface area (Å²) in [6, 6.07) is 19.6. The Kier molecular flexibility index (Phi) is 3.91. The lowest BCUT2D eigenvalue weighted by Gasteiger charge is -2.24. The lowest BCUT2D eigenvalue weighted by molar-refractivity contribution is 0.878. The van der Waals surface area contributed by atoms with Crippen molar-refractivity contribution < 1.29 is 0 Å². The molecule has 1 aliphatic rings. The second-order valence-corrected chi connectivity index (χ2v) is 5.49. The number of benzene rings is 2. The van der Waals surface area contributed by atoms with Gasteiger partial charge in [0.15, 0.2) is 0 Å². The van der Waals surface area contributed by atoms with Crippen molar-refractivity contribution in [3.63, 3.8) is 0 Å². The van der Waals surface area contributed by atoms with Gasteiger partial charge in [-0.1, -0.05) is 42.5 Å². The van der Waals surface area contributed by atoms with E-state index in [1.807, 2.05) is 0 Å². The molecule has 1 heterocycles. The molecule has 0 saturated carbocycles. The number of hydrogen-bond donors (Lipinski definition) is 1. The highest BCUT2D eigenvalue weighted by atomic mass is 15.2. The molecule has 104 valence electrons. The minimum absolute atomic E-state index is 0.319. The predicted molar refractivity (Wildman–Crippen MR) is 86.4 cm³/mol. The zero-order valence-electron chi connectivity index (χ0n) is 12.0. The van der Waals surface area contributed by atoms with Crippen LogP contribution in [0.1, 0.15) is 31.4 Å². The fourth-order valence-corrected chi connectivity index (χ4v) is 2.89. The number of para-hydroxylation sites is 2. The molecular formula is C18H22N2. The minimum Gasteiger partial charge on any atom is -0.377 e. The summed E-state index contributed by atoms with van der Waals surface area (Å²) in [6.07, 6.45) is 2.62. The van der Waals surface area contributed by atoms with Crippen LogP contribution in [0.2, 0.25) is 0 Å². The van der Waals surface area contributed by atoms with Gasteiger partial charge in [-0.25, -0.2) is 0 Å². The van der Waals surface area contributed by atoms with Gasteiger partial charge < -0.3 is 10.2 Å². The van der Waals surface area contributed by atoms with Gasteiger partial charge in [0, 0.05) is 19.1 Å². The highest BCUT2D eigenvalue weighted by Gasteiger charge is 2.16. The normalized spacial score (nSPS) is 16.1. The molecule has 1 fully saturated rings. The van der Waals surface area contributed by atoms with Gasteiger partial charge in [-0.05, 0) is 37.5 Å². The van der Waals surface area contributed by atoms with Crippen molar-refractivity contribution in [2.75, 3.05) is 23.3 Å². The van der Waals surface area contributed by atoms with Crippen LogP contribution in [0, 0.1) is 0 Å². The SMILES string of the molecule is C[C@H](Nc1ccccc1N1CCCC1)c1ccccc1. The van der Waals surface area contributed by atoms with E-state index in [1.165, 1.54) is 42.9 Å². The Morgan fingerprint density at radius 2 is 1.55 bits per heavy atom. The van der Waals surface area contributed by atoms with Gasteiger partial charge >= 0.3 is 0 Å². The quantitative estimate of drug-likeness (QED) is 0.879. The summed E-state index contributed by atoms with van der Waals surface area (Å²) in [6.45, 7) is 4.58. The van der Waals surface area contributed by atoms with Gasteiger partial charge in [-0.15, -0.1) is 0 Å². The highest BCUT2D eigenvalue weighted by molar-refractivity contribution is 5.70. The summed E-state index contributed by atoms with van der Waals surface area (Å²) >= 11 is 0. The summed E-state index contributed by atoms with van der Waals surface area (Å²) < 4.78 is 0. The Balaban J connectivity index is 1.80. The van der Waals surface area contributed by atoms with Crippen LogP contribution in [0.15, 0.2) is 54.6 Å². The molecule has 20 heavy (non-hydrogen) atoms. The van der Waals surface area contributed by atoms with E-state index in [-0.39, 0.29) is 0 Å². The zero-order valence-corrected chi connectivity index (χ0v) is 12.0.